The highest BCUT2D eigenvalue weighted by atomic mass is 16.5. The van der Waals surface area contributed by atoms with Crippen LogP contribution in [0.15, 0.2) is 47.6 Å². The van der Waals surface area contributed by atoms with E-state index in [0.29, 0.717) is 19.0 Å². The van der Waals surface area contributed by atoms with E-state index in [4.69, 9.17) is 9.47 Å². The van der Waals surface area contributed by atoms with Crippen molar-refractivity contribution in [1.29, 1.82) is 0 Å². The first-order chi connectivity index (χ1) is 12.6. The van der Waals surface area contributed by atoms with Crippen molar-refractivity contribution in [3.63, 3.8) is 0 Å². The second kappa shape index (κ2) is 10.1. The molecule has 0 aromatic heterocycles. The second-order valence-electron chi connectivity index (χ2n) is 5.60. The molecule has 26 heavy (non-hydrogen) atoms. The number of aryl methyl sites for hydroxylation is 2. The highest BCUT2D eigenvalue weighted by Crippen LogP contribution is 2.18. The van der Waals surface area contributed by atoms with E-state index in [9.17, 15) is 4.79 Å². The summed E-state index contributed by atoms with van der Waals surface area (Å²) in [4.78, 5) is 11.0. The van der Waals surface area contributed by atoms with Crippen molar-refractivity contribution in [2.45, 2.75) is 20.3 Å². The normalized spacial score (nSPS) is 10.6. The van der Waals surface area contributed by atoms with Crippen molar-refractivity contribution in [2.24, 2.45) is 5.10 Å². The average Bonchev–Trinajstić information content (AvgIpc) is 2.65. The maximum Gasteiger partial charge on any atom is 0.427 e. The molecule has 0 spiro atoms. The van der Waals surface area contributed by atoms with Gasteiger partial charge in [0.05, 0.1) is 13.3 Å². The number of hydrogen-bond donors (Lipinski definition) is 1. The molecule has 2 aromatic rings. The number of nitrogens with one attached hydrogen (secondary N) is 1. The molecule has 0 radical (unpaired) electrons. The zero-order valence-corrected chi connectivity index (χ0v) is 15.3. The molecule has 0 aliphatic rings. The summed E-state index contributed by atoms with van der Waals surface area (Å²) < 4.78 is 16.0. The third kappa shape index (κ3) is 6.12. The molecule has 0 unspecified atom stereocenters. The van der Waals surface area contributed by atoms with Gasteiger partial charge in [-0.25, -0.2) is 10.2 Å². The predicted molar refractivity (Wildman–Crippen MR) is 101 cm³/mol. The number of rotatable bonds is 8. The minimum Gasteiger partial charge on any atom is -0.490 e. The lowest BCUT2D eigenvalue weighted by Gasteiger charge is -2.11. The molecule has 2 aromatic carbocycles. The molecule has 1 N–H and O–H groups in total. The maximum atomic E-state index is 11.0. The molecule has 6 nitrogen and oxygen atoms in total. The van der Waals surface area contributed by atoms with Crippen LogP contribution < -0.4 is 14.9 Å². The molecule has 2 rings (SSSR count). The van der Waals surface area contributed by atoms with E-state index in [1.165, 1.54) is 24.5 Å². The van der Waals surface area contributed by atoms with Crippen LogP contribution >= 0.6 is 0 Å². The highest BCUT2D eigenvalue weighted by molar-refractivity contribution is 5.84. The molecule has 138 valence electrons. The fourth-order valence-electron chi connectivity index (χ4n) is 2.34. The van der Waals surface area contributed by atoms with E-state index >= 15 is 0 Å². The van der Waals surface area contributed by atoms with Gasteiger partial charge in [-0.15, -0.1) is 0 Å². The SMILES string of the molecule is CCc1cc(C)cc(OCCOc2ccccc2/C=N/NC(=O)OC)c1. The number of amides is 1. The molecular formula is C20H24N2O4. The summed E-state index contributed by atoms with van der Waals surface area (Å²) in [6.45, 7) is 5.00. The summed E-state index contributed by atoms with van der Waals surface area (Å²) in [5.41, 5.74) is 5.42. The van der Waals surface area contributed by atoms with E-state index in [1.807, 2.05) is 36.4 Å². The predicted octanol–water partition coefficient (Wildman–Crippen LogP) is 3.71. The molecule has 0 aliphatic carbocycles. The second-order valence-corrected chi connectivity index (χ2v) is 5.60. The fraction of sp³-hybridized carbons (Fsp3) is 0.300. The van der Waals surface area contributed by atoms with Crippen molar-refractivity contribution in [1.82, 2.24) is 5.43 Å². The van der Waals surface area contributed by atoms with Crippen molar-refractivity contribution >= 4 is 12.3 Å². The third-order valence-corrected chi connectivity index (χ3v) is 3.59. The molecule has 0 aliphatic heterocycles. The van der Waals surface area contributed by atoms with E-state index in [1.54, 1.807) is 0 Å². The van der Waals surface area contributed by atoms with Gasteiger partial charge < -0.3 is 14.2 Å². The molecule has 0 atom stereocenters. The van der Waals surface area contributed by atoms with Gasteiger partial charge in [0.1, 0.15) is 24.7 Å². The molecule has 0 fully saturated rings. The first-order valence-corrected chi connectivity index (χ1v) is 8.44. The number of carbonyl (C=O) groups is 1. The van der Waals surface area contributed by atoms with E-state index in [0.717, 1.165) is 17.7 Å². The highest BCUT2D eigenvalue weighted by Gasteiger charge is 2.03. The zero-order chi connectivity index (χ0) is 18.8. The van der Waals surface area contributed by atoms with Gasteiger partial charge in [-0.1, -0.05) is 25.1 Å². The van der Waals surface area contributed by atoms with Crippen molar-refractivity contribution < 1.29 is 19.0 Å². The van der Waals surface area contributed by atoms with Gasteiger partial charge in [0.15, 0.2) is 0 Å². The number of hydrogen-bond acceptors (Lipinski definition) is 5. The number of hydrazone groups is 1. The lowest BCUT2D eigenvalue weighted by Crippen LogP contribution is -2.17. The molecule has 0 bridgehead atoms. The summed E-state index contributed by atoms with van der Waals surface area (Å²) in [5, 5.41) is 3.82. The molecule has 6 heteroatoms. The summed E-state index contributed by atoms with van der Waals surface area (Å²) in [7, 11) is 1.28. The molecule has 0 heterocycles. The Morgan fingerprint density at radius 3 is 2.69 bits per heavy atom. The smallest absolute Gasteiger partial charge is 0.427 e. The Morgan fingerprint density at radius 1 is 1.15 bits per heavy atom. The number of para-hydroxylation sites is 1. The lowest BCUT2D eigenvalue weighted by molar-refractivity contribution is 0.171. The Bertz CT molecular complexity index is 759. The standard InChI is InChI=1S/C20H24N2O4/c1-4-16-11-15(2)12-18(13-16)25-9-10-26-19-8-6-5-7-17(19)14-21-22-20(23)24-3/h5-8,11-14H,4,9-10H2,1-3H3,(H,22,23)/b21-14+. The molecule has 0 saturated heterocycles. The number of methoxy groups -OCH3 is 1. The largest absolute Gasteiger partial charge is 0.490 e. The fourth-order valence-corrected chi connectivity index (χ4v) is 2.34. The van der Waals surface area contributed by atoms with E-state index in [2.05, 4.69) is 35.2 Å². The van der Waals surface area contributed by atoms with E-state index < -0.39 is 6.09 Å². The topological polar surface area (TPSA) is 69.2 Å². The summed E-state index contributed by atoms with van der Waals surface area (Å²) >= 11 is 0. The van der Waals surface area contributed by atoms with Crippen LogP contribution in [0.25, 0.3) is 0 Å². The lowest BCUT2D eigenvalue weighted by atomic mass is 10.1. The Labute approximate surface area is 153 Å². The zero-order valence-electron chi connectivity index (χ0n) is 15.3. The number of carbonyl (C=O) groups excluding carboxylic acids is 1. The summed E-state index contributed by atoms with van der Waals surface area (Å²) in [5.74, 6) is 1.51. The van der Waals surface area contributed by atoms with E-state index in [-0.39, 0.29) is 0 Å². The minimum absolute atomic E-state index is 0.394. The molecule has 0 saturated carbocycles. The van der Waals surface area contributed by atoms with Gasteiger partial charge in [0, 0.05) is 5.56 Å². The van der Waals surface area contributed by atoms with Crippen LogP contribution in [0.4, 0.5) is 4.79 Å². The van der Waals surface area contributed by atoms with Gasteiger partial charge in [-0.05, 0) is 48.7 Å². The van der Waals surface area contributed by atoms with Gasteiger partial charge in [0.2, 0.25) is 0 Å². The molecular weight excluding hydrogens is 332 g/mol. The van der Waals surface area contributed by atoms with Crippen molar-refractivity contribution in [3.8, 4) is 11.5 Å². The minimum atomic E-state index is -0.627. The Balaban J connectivity index is 1.88. The Kier molecular flexibility index (Phi) is 7.49. The van der Waals surface area contributed by atoms with Crippen LogP contribution in [-0.4, -0.2) is 32.6 Å². The van der Waals surface area contributed by atoms with Crippen LogP contribution in [0.3, 0.4) is 0 Å². The maximum absolute atomic E-state index is 11.0. The van der Waals surface area contributed by atoms with Crippen molar-refractivity contribution in [3.05, 3.63) is 59.2 Å². The van der Waals surface area contributed by atoms with Crippen LogP contribution in [0, 0.1) is 6.92 Å². The number of benzene rings is 2. The van der Waals surface area contributed by atoms with Gasteiger partial charge >= 0.3 is 6.09 Å². The van der Waals surface area contributed by atoms with Gasteiger partial charge in [-0.2, -0.15) is 5.10 Å². The summed E-state index contributed by atoms with van der Waals surface area (Å²) in [6.07, 6.45) is 1.85. The van der Waals surface area contributed by atoms with Gasteiger partial charge in [0.25, 0.3) is 0 Å². The number of ether oxygens (including phenoxy) is 3. The number of nitrogens with zero attached hydrogens (tertiary/aromatic N) is 1. The summed E-state index contributed by atoms with van der Waals surface area (Å²) in [6, 6.07) is 13.6. The van der Waals surface area contributed by atoms with Crippen LogP contribution in [-0.2, 0) is 11.2 Å². The quantitative estimate of drug-likeness (QED) is 0.445. The van der Waals surface area contributed by atoms with Crippen molar-refractivity contribution in [2.75, 3.05) is 20.3 Å². The average molecular weight is 356 g/mol. The third-order valence-electron chi connectivity index (χ3n) is 3.59. The molecule has 1 amide bonds. The van der Waals surface area contributed by atoms with Gasteiger partial charge in [-0.3, -0.25) is 0 Å². The first-order valence-electron chi connectivity index (χ1n) is 8.44. The van der Waals surface area contributed by atoms with Crippen LogP contribution in [0.2, 0.25) is 0 Å². The van der Waals surface area contributed by atoms with Crippen LogP contribution in [0.5, 0.6) is 11.5 Å². The Morgan fingerprint density at radius 2 is 1.92 bits per heavy atom. The first kappa shape index (κ1) is 19.3. The van der Waals surface area contributed by atoms with Crippen LogP contribution in [0.1, 0.15) is 23.6 Å². The Hall–Kier alpha value is -3.02. The monoisotopic (exact) mass is 356 g/mol.